The maximum Gasteiger partial charge on any atom is -0.0289 e. The lowest BCUT2D eigenvalue weighted by atomic mass is 10.1. The topological polar surface area (TPSA) is 0 Å². The van der Waals surface area contributed by atoms with Crippen molar-refractivity contribution >= 4 is 0 Å². The normalized spacial score (nSPS) is 36.6. The molecule has 1 atom stereocenters. The minimum Gasteiger partial charge on any atom is -0.0850 e. The average Bonchev–Trinajstić information content (AvgIpc) is 2.22. The van der Waals surface area contributed by atoms with Crippen LogP contribution in [0.1, 0.15) is 25.7 Å². The van der Waals surface area contributed by atoms with Gasteiger partial charge in [-0.05, 0) is 31.6 Å². The number of hydrogen-bond donors (Lipinski definition) is 0. The van der Waals surface area contributed by atoms with Gasteiger partial charge in [-0.25, -0.2) is 0 Å². The van der Waals surface area contributed by atoms with Crippen LogP contribution in [-0.4, -0.2) is 0 Å². The van der Waals surface area contributed by atoms with Crippen LogP contribution in [0, 0.1) is 5.92 Å². The first kappa shape index (κ1) is 3.71. The van der Waals surface area contributed by atoms with Crippen molar-refractivity contribution < 1.29 is 0 Å². The van der Waals surface area contributed by atoms with Crippen LogP contribution < -0.4 is 0 Å². The molecule has 0 aliphatic heterocycles. The summed E-state index contributed by atoms with van der Waals surface area (Å²) in [6.45, 7) is 0. The Hall–Kier alpha value is -0.260. The van der Waals surface area contributed by atoms with Crippen molar-refractivity contribution in [1.82, 2.24) is 0 Å². The summed E-state index contributed by atoms with van der Waals surface area (Å²) in [4.78, 5) is 0. The van der Waals surface area contributed by atoms with Gasteiger partial charge in [0.1, 0.15) is 0 Å². The summed E-state index contributed by atoms with van der Waals surface area (Å²) in [7, 11) is 0. The van der Waals surface area contributed by atoms with Crippen molar-refractivity contribution in [3.63, 3.8) is 0 Å². The van der Waals surface area contributed by atoms with Gasteiger partial charge in [0.25, 0.3) is 0 Å². The van der Waals surface area contributed by atoms with E-state index in [9.17, 15) is 0 Å². The molecule has 0 nitrogen and oxygen atoms in total. The summed E-state index contributed by atoms with van der Waals surface area (Å²) in [5.74, 6) is 1.08. The molecule has 0 heterocycles. The minimum atomic E-state index is 1.08. The van der Waals surface area contributed by atoms with E-state index in [1.54, 1.807) is 5.57 Å². The second kappa shape index (κ2) is 1.12. The largest absolute Gasteiger partial charge is 0.0850 e. The van der Waals surface area contributed by atoms with E-state index in [2.05, 4.69) is 6.08 Å². The Labute approximate surface area is 44.2 Å². The first-order chi connectivity index (χ1) is 3.45. The highest BCUT2D eigenvalue weighted by Crippen LogP contribution is 2.38. The SMILES string of the molecule is C1=C2CC[C@H](C1)C2. The molecular weight excluding hydrogens is 84.1 g/mol. The van der Waals surface area contributed by atoms with Gasteiger partial charge in [0.15, 0.2) is 0 Å². The lowest BCUT2D eigenvalue weighted by Gasteiger charge is -1.98. The van der Waals surface area contributed by atoms with Crippen LogP contribution in [-0.2, 0) is 0 Å². The lowest BCUT2D eigenvalue weighted by Crippen LogP contribution is -1.85. The van der Waals surface area contributed by atoms with Crippen molar-refractivity contribution in [2.75, 3.05) is 0 Å². The van der Waals surface area contributed by atoms with Crippen molar-refractivity contribution in [3.05, 3.63) is 11.6 Å². The highest BCUT2D eigenvalue weighted by atomic mass is 14.3. The number of rotatable bonds is 0. The van der Waals surface area contributed by atoms with Gasteiger partial charge < -0.3 is 0 Å². The number of allylic oxidation sites excluding steroid dienone is 2. The zero-order valence-electron chi connectivity index (χ0n) is 4.48. The molecule has 0 aromatic heterocycles. The summed E-state index contributed by atoms with van der Waals surface area (Å²) < 4.78 is 0. The molecule has 1 saturated carbocycles. The molecule has 0 unspecified atom stereocenters. The Morgan fingerprint density at radius 2 is 2.57 bits per heavy atom. The zero-order chi connectivity index (χ0) is 4.69. The quantitative estimate of drug-likeness (QED) is 0.403. The summed E-state index contributed by atoms with van der Waals surface area (Å²) in [5, 5.41) is 0. The molecule has 7 heavy (non-hydrogen) atoms. The molecule has 2 bridgehead atoms. The third kappa shape index (κ3) is 0.425. The second-order valence-corrected chi connectivity index (χ2v) is 2.71. The summed E-state index contributed by atoms with van der Waals surface area (Å²) in [6, 6.07) is 0. The number of fused-ring (bicyclic) bond motifs is 2. The van der Waals surface area contributed by atoms with Crippen molar-refractivity contribution in [2.24, 2.45) is 5.92 Å². The van der Waals surface area contributed by atoms with Crippen molar-refractivity contribution in [3.8, 4) is 0 Å². The van der Waals surface area contributed by atoms with E-state index < -0.39 is 0 Å². The molecule has 0 aromatic rings. The van der Waals surface area contributed by atoms with E-state index in [4.69, 9.17) is 0 Å². The Morgan fingerprint density at radius 1 is 1.57 bits per heavy atom. The van der Waals surface area contributed by atoms with Crippen LogP contribution in [0.3, 0.4) is 0 Å². The minimum absolute atomic E-state index is 1.08. The second-order valence-electron chi connectivity index (χ2n) is 2.71. The first-order valence-corrected chi connectivity index (χ1v) is 3.13. The van der Waals surface area contributed by atoms with E-state index >= 15 is 0 Å². The molecule has 2 aliphatic rings. The van der Waals surface area contributed by atoms with Crippen LogP contribution in [0.5, 0.6) is 0 Å². The highest BCUT2D eigenvalue weighted by molar-refractivity contribution is 5.15. The van der Waals surface area contributed by atoms with Gasteiger partial charge in [0, 0.05) is 0 Å². The molecule has 38 valence electrons. The van der Waals surface area contributed by atoms with Crippen molar-refractivity contribution in [1.29, 1.82) is 0 Å². The van der Waals surface area contributed by atoms with Gasteiger partial charge in [0.05, 0.1) is 0 Å². The number of hydrogen-bond acceptors (Lipinski definition) is 0. The molecule has 0 spiro atoms. The van der Waals surface area contributed by atoms with Gasteiger partial charge in [-0.2, -0.15) is 0 Å². The molecule has 0 heteroatoms. The fourth-order valence-corrected chi connectivity index (χ4v) is 1.68. The van der Waals surface area contributed by atoms with Crippen LogP contribution in [0.2, 0.25) is 0 Å². The standard InChI is InChI=1S/C7H10/c1-2-7-4-3-6(1)5-7/h1,7H,2-5H2/t7-/m0/s1. The highest BCUT2D eigenvalue weighted by Gasteiger charge is 2.22. The van der Waals surface area contributed by atoms with Crippen LogP contribution in [0.25, 0.3) is 0 Å². The molecule has 1 fully saturated rings. The molecule has 2 aliphatic carbocycles. The summed E-state index contributed by atoms with van der Waals surface area (Å²) in [5.41, 5.74) is 1.74. The fourth-order valence-electron chi connectivity index (χ4n) is 1.68. The first-order valence-electron chi connectivity index (χ1n) is 3.13. The third-order valence-corrected chi connectivity index (χ3v) is 2.16. The zero-order valence-corrected chi connectivity index (χ0v) is 4.48. The average molecular weight is 94.2 g/mol. The Balaban J connectivity index is 2.30. The van der Waals surface area contributed by atoms with E-state index in [0.29, 0.717) is 0 Å². The molecule has 0 N–H and O–H groups in total. The van der Waals surface area contributed by atoms with Crippen LogP contribution in [0.15, 0.2) is 11.6 Å². The molecule has 0 saturated heterocycles. The monoisotopic (exact) mass is 94.1 g/mol. The molecule has 2 rings (SSSR count). The molecular formula is C7H10. The van der Waals surface area contributed by atoms with Crippen LogP contribution >= 0.6 is 0 Å². The van der Waals surface area contributed by atoms with Gasteiger partial charge in [-0.3, -0.25) is 0 Å². The molecule has 0 amide bonds. The van der Waals surface area contributed by atoms with Gasteiger partial charge in [-0.1, -0.05) is 11.6 Å². The molecule has 0 radical (unpaired) electrons. The van der Waals surface area contributed by atoms with E-state index in [1.165, 1.54) is 25.7 Å². The predicted molar refractivity (Wildman–Crippen MR) is 30.0 cm³/mol. The molecule has 0 aromatic carbocycles. The van der Waals surface area contributed by atoms with Gasteiger partial charge >= 0.3 is 0 Å². The van der Waals surface area contributed by atoms with Gasteiger partial charge in [0.2, 0.25) is 0 Å². The smallest absolute Gasteiger partial charge is 0.0289 e. The van der Waals surface area contributed by atoms with Crippen molar-refractivity contribution in [2.45, 2.75) is 25.7 Å². The Morgan fingerprint density at radius 3 is 2.71 bits per heavy atom. The summed E-state index contributed by atoms with van der Waals surface area (Å²) >= 11 is 0. The van der Waals surface area contributed by atoms with E-state index in [1.807, 2.05) is 0 Å². The van der Waals surface area contributed by atoms with E-state index in [-0.39, 0.29) is 0 Å². The van der Waals surface area contributed by atoms with Gasteiger partial charge in [-0.15, -0.1) is 0 Å². The summed E-state index contributed by atoms with van der Waals surface area (Å²) in [6.07, 6.45) is 8.18. The van der Waals surface area contributed by atoms with E-state index in [0.717, 1.165) is 5.92 Å². The maximum atomic E-state index is 2.42. The Kier molecular flexibility index (Phi) is 0.592. The third-order valence-electron chi connectivity index (χ3n) is 2.16. The lowest BCUT2D eigenvalue weighted by molar-refractivity contribution is 0.576. The predicted octanol–water partition coefficient (Wildman–Crippen LogP) is 2.12. The van der Waals surface area contributed by atoms with Crippen LogP contribution in [0.4, 0.5) is 0 Å². The Bertz CT molecular complexity index is 111. The fraction of sp³-hybridized carbons (Fsp3) is 0.714. The maximum absolute atomic E-state index is 2.42.